The second-order valence-corrected chi connectivity index (χ2v) is 6.32. The molecule has 0 aromatic carbocycles. The molecule has 0 radical (unpaired) electrons. The lowest BCUT2D eigenvalue weighted by atomic mass is 10.1. The molecule has 1 aliphatic heterocycles. The summed E-state index contributed by atoms with van der Waals surface area (Å²) in [6.45, 7) is 3.64. The van der Waals surface area contributed by atoms with Crippen LogP contribution in [0.1, 0.15) is 16.1 Å². The number of hydrogen-bond acceptors (Lipinski definition) is 5. The van der Waals surface area contributed by atoms with Gasteiger partial charge >= 0.3 is 0 Å². The molecule has 3 heterocycles. The van der Waals surface area contributed by atoms with Gasteiger partial charge in [0.15, 0.2) is 0 Å². The van der Waals surface area contributed by atoms with Crippen molar-refractivity contribution < 1.29 is 9.90 Å². The van der Waals surface area contributed by atoms with Gasteiger partial charge in [-0.25, -0.2) is 0 Å². The highest BCUT2D eigenvalue weighted by Gasteiger charge is 2.25. The lowest BCUT2D eigenvalue weighted by Gasteiger charge is -2.14. The zero-order valence-electron chi connectivity index (χ0n) is 13.2. The summed E-state index contributed by atoms with van der Waals surface area (Å²) in [7, 11) is 0. The van der Waals surface area contributed by atoms with E-state index in [-0.39, 0.29) is 42.7 Å². The van der Waals surface area contributed by atoms with Gasteiger partial charge in [-0.05, 0) is 30.5 Å². The van der Waals surface area contributed by atoms with Gasteiger partial charge in [0.1, 0.15) is 0 Å². The van der Waals surface area contributed by atoms with E-state index in [4.69, 9.17) is 0 Å². The van der Waals surface area contributed by atoms with Gasteiger partial charge in [-0.3, -0.25) is 9.78 Å². The minimum Gasteiger partial charge on any atom is -0.391 e. The van der Waals surface area contributed by atoms with Crippen LogP contribution in [0.2, 0.25) is 0 Å². The fourth-order valence-electron chi connectivity index (χ4n) is 2.62. The topological polar surface area (TPSA) is 74.2 Å². The minimum atomic E-state index is -0.388. The number of carbonyl (C=O) groups excluding carboxylic acids is 1. The molecule has 3 N–H and O–H groups in total. The second kappa shape index (κ2) is 9.34. The molecule has 0 saturated carbocycles. The summed E-state index contributed by atoms with van der Waals surface area (Å²) in [5, 5.41) is 19.8. The number of thiophene rings is 1. The fourth-order valence-corrected chi connectivity index (χ4v) is 3.27. The Labute approximate surface area is 157 Å². The molecule has 8 heteroatoms. The molecular weight excluding hydrogens is 369 g/mol. The van der Waals surface area contributed by atoms with Crippen LogP contribution >= 0.6 is 36.2 Å². The van der Waals surface area contributed by atoms with Crippen LogP contribution < -0.4 is 10.6 Å². The van der Waals surface area contributed by atoms with E-state index < -0.39 is 0 Å². The van der Waals surface area contributed by atoms with E-state index in [1.54, 1.807) is 11.3 Å². The van der Waals surface area contributed by atoms with Crippen molar-refractivity contribution in [1.82, 2.24) is 15.6 Å². The smallest absolute Gasteiger partial charge is 0.253 e. The van der Waals surface area contributed by atoms with E-state index in [0.29, 0.717) is 24.3 Å². The van der Waals surface area contributed by atoms with Crippen molar-refractivity contribution in [1.29, 1.82) is 0 Å². The Balaban J connectivity index is 0.00000144. The third kappa shape index (κ3) is 4.68. The maximum atomic E-state index is 12.3. The molecule has 3 rings (SSSR count). The Hall–Kier alpha value is -1.18. The van der Waals surface area contributed by atoms with Crippen LogP contribution in [-0.4, -0.2) is 41.7 Å². The maximum absolute atomic E-state index is 12.3. The first-order valence-electron chi connectivity index (χ1n) is 7.32. The average molecular weight is 390 g/mol. The molecule has 24 heavy (non-hydrogen) atoms. The quantitative estimate of drug-likeness (QED) is 0.749. The van der Waals surface area contributed by atoms with Gasteiger partial charge in [0.05, 0.1) is 23.1 Å². The first-order valence-corrected chi connectivity index (χ1v) is 8.26. The van der Waals surface area contributed by atoms with Gasteiger partial charge in [-0.2, -0.15) is 11.3 Å². The molecule has 0 spiro atoms. The number of aryl methyl sites for hydroxylation is 1. The normalized spacial score (nSPS) is 19.2. The highest BCUT2D eigenvalue weighted by atomic mass is 35.5. The molecule has 1 saturated heterocycles. The van der Waals surface area contributed by atoms with Crippen LogP contribution in [0.25, 0.3) is 11.3 Å². The predicted molar refractivity (Wildman–Crippen MR) is 101 cm³/mol. The van der Waals surface area contributed by atoms with Crippen molar-refractivity contribution in [2.24, 2.45) is 5.92 Å². The molecule has 5 nitrogen and oxygen atoms in total. The summed E-state index contributed by atoms with van der Waals surface area (Å²) >= 11 is 1.62. The van der Waals surface area contributed by atoms with Crippen LogP contribution in [0, 0.1) is 12.8 Å². The number of nitrogens with zero attached hydrogens (tertiary/aromatic N) is 1. The van der Waals surface area contributed by atoms with Crippen molar-refractivity contribution in [3.05, 3.63) is 40.2 Å². The number of nitrogens with one attached hydrogen (secondary N) is 2. The summed E-state index contributed by atoms with van der Waals surface area (Å²) in [6.07, 6.45) is -0.388. The number of pyridine rings is 1. The van der Waals surface area contributed by atoms with Crippen LogP contribution in [0.15, 0.2) is 29.0 Å². The maximum Gasteiger partial charge on any atom is 0.253 e. The van der Waals surface area contributed by atoms with Gasteiger partial charge in [0.2, 0.25) is 0 Å². The van der Waals surface area contributed by atoms with Gasteiger partial charge in [-0.15, -0.1) is 24.8 Å². The van der Waals surface area contributed by atoms with Gasteiger partial charge < -0.3 is 15.7 Å². The number of hydrogen-bond donors (Lipinski definition) is 3. The first-order chi connectivity index (χ1) is 10.6. The first kappa shape index (κ1) is 20.9. The predicted octanol–water partition coefficient (Wildman–Crippen LogP) is 2.27. The molecule has 1 aliphatic rings. The number of halogens is 2. The Morgan fingerprint density at radius 3 is 2.75 bits per heavy atom. The molecule has 2 aromatic heterocycles. The average Bonchev–Trinajstić information content (AvgIpc) is 3.16. The van der Waals surface area contributed by atoms with Gasteiger partial charge in [0.25, 0.3) is 5.91 Å². The van der Waals surface area contributed by atoms with E-state index >= 15 is 0 Å². The molecule has 2 atom stereocenters. The summed E-state index contributed by atoms with van der Waals surface area (Å²) in [5.41, 5.74) is 3.25. The zero-order valence-corrected chi connectivity index (χ0v) is 15.6. The lowest BCUT2D eigenvalue weighted by molar-refractivity contribution is 0.0926. The Morgan fingerprint density at radius 2 is 2.17 bits per heavy atom. The fraction of sp³-hybridized carbons (Fsp3) is 0.375. The summed E-state index contributed by atoms with van der Waals surface area (Å²) < 4.78 is 0. The van der Waals surface area contributed by atoms with Crippen LogP contribution in [0.5, 0.6) is 0 Å². The minimum absolute atomic E-state index is 0. The Kier molecular flexibility index (Phi) is 8.12. The van der Waals surface area contributed by atoms with Crippen LogP contribution in [-0.2, 0) is 0 Å². The molecule has 2 unspecified atom stereocenters. The van der Waals surface area contributed by atoms with Gasteiger partial charge in [-0.1, -0.05) is 0 Å². The van der Waals surface area contributed by atoms with E-state index in [2.05, 4.69) is 15.6 Å². The number of amides is 1. The molecule has 1 fully saturated rings. The van der Waals surface area contributed by atoms with Gasteiger partial charge in [0, 0.05) is 36.5 Å². The Morgan fingerprint density at radius 1 is 1.38 bits per heavy atom. The van der Waals surface area contributed by atoms with E-state index in [0.717, 1.165) is 17.8 Å². The molecular formula is C16H21Cl2N3O2S. The molecule has 0 aliphatic carbocycles. The third-order valence-electron chi connectivity index (χ3n) is 3.98. The molecule has 2 aromatic rings. The number of aliphatic hydroxyl groups is 1. The summed E-state index contributed by atoms with van der Waals surface area (Å²) in [4.78, 5) is 16.8. The molecule has 1 amide bonds. The number of aromatic nitrogens is 1. The second-order valence-electron chi connectivity index (χ2n) is 5.54. The number of β-amino-alcohol motifs (C(OH)–C–C–N with tert-alkyl or cyclic N) is 1. The molecule has 132 valence electrons. The van der Waals surface area contributed by atoms with Crippen LogP contribution in [0.3, 0.4) is 0 Å². The summed E-state index contributed by atoms with van der Waals surface area (Å²) in [6, 6.07) is 5.70. The standard InChI is InChI=1S/C16H19N3O2S.2ClH/c1-10-13(2-3-14(19-10)11-4-5-22-9-11)16(21)18-7-12-6-17-8-15(12)20;;/h2-5,9,12,15,17,20H,6-8H2,1H3,(H,18,21);2*1H. The molecule has 0 bridgehead atoms. The van der Waals surface area contributed by atoms with E-state index in [9.17, 15) is 9.90 Å². The SMILES string of the molecule is Cc1nc(-c2ccsc2)ccc1C(=O)NCC1CNCC1O.Cl.Cl. The van der Waals surface area contributed by atoms with E-state index in [1.807, 2.05) is 35.9 Å². The summed E-state index contributed by atoms with van der Waals surface area (Å²) in [5.74, 6) is -0.0664. The van der Waals surface area contributed by atoms with Crippen molar-refractivity contribution in [3.8, 4) is 11.3 Å². The monoisotopic (exact) mass is 389 g/mol. The van der Waals surface area contributed by atoms with Crippen molar-refractivity contribution >= 4 is 42.1 Å². The Bertz CT molecular complexity index is 667. The largest absolute Gasteiger partial charge is 0.391 e. The third-order valence-corrected chi connectivity index (χ3v) is 4.66. The van der Waals surface area contributed by atoms with Crippen molar-refractivity contribution in [2.45, 2.75) is 13.0 Å². The number of carbonyl (C=O) groups is 1. The zero-order chi connectivity index (χ0) is 15.5. The number of rotatable bonds is 4. The lowest BCUT2D eigenvalue weighted by Crippen LogP contribution is -2.34. The van der Waals surface area contributed by atoms with Crippen molar-refractivity contribution in [3.63, 3.8) is 0 Å². The highest BCUT2D eigenvalue weighted by molar-refractivity contribution is 7.08. The van der Waals surface area contributed by atoms with Crippen LogP contribution in [0.4, 0.5) is 0 Å². The van der Waals surface area contributed by atoms with E-state index in [1.165, 1.54) is 0 Å². The highest BCUT2D eigenvalue weighted by Crippen LogP contribution is 2.21. The van der Waals surface area contributed by atoms with Crippen molar-refractivity contribution in [2.75, 3.05) is 19.6 Å². The number of aliphatic hydroxyl groups excluding tert-OH is 1.